The predicted octanol–water partition coefficient (Wildman–Crippen LogP) is 3.19. The first-order valence-corrected chi connectivity index (χ1v) is 7.92. The predicted molar refractivity (Wildman–Crippen MR) is 85.7 cm³/mol. The van der Waals surface area contributed by atoms with Crippen LogP contribution in [0.15, 0.2) is 24.3 Å². The maximum absolute atomic E-state index is 12.2. The van der Waals surface area contributed by atoms with Crippen molar-refractivity contribution < 1.29 is 9.53 Å². The molecule has 1 aliphatic rings. The molecule has 0 spiro atoms. The Hall–Kier alpha value is -1.55. The lowest BCUT2D eigenvalue weighted by atomic mass is 10.0. The molecule has 1 atom stereocenters. The molecule has 0 aliphatic carbocycles. The Bertz CT molecular complexity index is 454. The molecule has 1 aromatic carbocycles. The maximum Gasteiger partial charge on any atom is 0.241 e. The van der Waals surface area contributed by atoms with Crippen molar-refractivity contribution in [1.29, 1.82) is 0 Å². The summed E-state index contributed by atoms with van der Waals surface area (Å²) in [4.78, 5) is 12.2. The minimum atomic E-state index is -0.0655. The Morgan fingerprint density at radius 2 is 2.29 bits per heavy atom. The van der Waals surface area contributed by atoms with E-state index in [0.29, 0.717) is 12.5 Å². The van der Waals surface area contributed by atoms with Crippen molar-refractivity contribution in [2.45, 2.75) is 45.6 Å². The van der Waals surface area contributed by atoms with Gasteiger partial charge < -0.3 is 15.4 Å². The van der Waals surface area contributed by atoms with Crippen LogP contribution >= 0.6 is 0 Å². The molecule has 0 saturated carbocycles. The molecule has 1 fully saturated rings. The van der Waals surface area contributed by atoms with Crippen LogP contribution in [0.1, 0.15) is 39.5 Å². The van der Waals surface area contributed by atoms with Gasteiger partial charge in [0.05, 0.1) is 12.6 Å². The highest BCUT2D eigenvalue weighted by Crippen LogP contribution is 2.19. The fourth-order valence-electron chi connectivity index (χ4n) is 2.38. The second-order valence-electron chi connectivity index (χ2n) is 6.05. The molecule has 21 heavy (non-hydrogen) atoms. The molecule has 0 radical (unpaired) electrons. The van der Waals surface area contributed by atoms with E-state index in [2.05, 4.69) is 24.5 Å². The quantitative estimate of drug-likeness (QED) is 0.846. The van der Waals surface area contributed by atoms with Crippen LogP contribution in [-0.2, 0) is 4.79 Å². The van der Waals surface area contributed by atoms with Crippen LogP contribution < -0.4 is 15.4 Å². The summed E-state index contributed by atoms with van der Waals surface area (Å²) >= 11 is 0. The van der Waals surface area contributed by atoms with Gasteiger partial charge >= 0.3 is 0 Å². The average Bonchev–Trinajstić information content (AvgIpc) is 2.48. The van der Waals surface area contributed by atoms with Gasteiger partial charge in [0.25, 0.3) is 0 Å². The number of hydrogen-bond acceptors (Lipinski definition) is 3. The molecule has 2 rings (SSSR count). The number of nitrogens with one attached hydrogen (secondary N) is 2. The van der Waals surface area contributed by atoms with Gasteiger partial charge in [-0.2, -0.15) is 0 Å². The lowest BCUT2D eigenvalue weighted by Crippen LogP contribution is -2.43. The summed E-state index contributed by atoms with van der Waals surface area (Å²) < 4.78 is 5.72. The Labute approximate surface area is 127 Å². The molecule has 1 aromatic rings. The zero-order valence-electron chi connectivity index (χ0n) is 13.0. The molecule has 1 heterocycles. The van der Waals surface area contributed by atoms with E-state index in [9.17, 15) is 4.79 Å². The van der Waals surface area contributed by atoms with Crippen LogP contribution in [0.25, 0.3) is 0 Å². The number of benzene rings is 1. The van der Waals surface area contributed by atoms with Crippen LogP contribution in [0.3, 0.4) is 0 Å². The lowest BCUT2D eigenvalue weighted by Gasteiger charge is -2.22. The van der Waals surface area contributed by atoms with Gasteiger partial charge in [0.2, 0.25) is 5.91 Å². The fourth-order valence-corrected chi connectivity index (χ4v) is 2.38. The number of rotatable bonds is 6. The number of carbonyl (C=O) groups excluding carboxylic acids is 1. The van der Waals surface area contributed by atoms with Gasteiger partial charge in [0, 0.05) is 11.8 Å². The van der Waals surface area contributed by atoms with E-state index in [1.807, 2.05) is 24.3 Å². The van der Waals surface area contributed by atoms with Gasteiger partial charge in [-0.25, -0.2) is 0 Å². The normalized spacial score (nSPS) is 18.5. The van der Waals surface area contributed by atoms with Crippen LogP contribution in [0.2, 0.25) is 0 Å². The second kappa shape index (κ2) is 8.03. The van der Waals surface area contributed by atoms with Crippen molar-refractivity contribution in [1.82, 2.24) is 5.32 Å². The summed E-state index contributed by atoms with van der Waals surface area (Å²) in [5, 5.41) is 6.23. The SMILES string of the molecule is CC(C)CCOc1cccc(NC(=O)C2CCCCN2)c1. The smallest absolute Gasteiger partial charge is 0.241 e. The number of hydrogen-bond donors (Lipinski definition) is 2. The Morgan fingerprint density at radius 1 is 1.43 bits per heavy atom. The lowest BCUT2D eigenvalue weighted by molar-refractivity contribution is -0.118. The Kier molecular flexibility index (Phi) is 6.05. The van der Waals surface area contributed by atoms with E-state index in [1.165, 1.54) is 0 Å². The Balaban J connectivity index is 1.86. The molecule has 0 bridgehead atoms. The molecule has 2 N–H and O–H groups in total. The van der Waals surface area contributed by atoms with E-state index in [4.69, 9.17) is 4.74 Å². The maximum atomic E-state index is 12.2. The summed E-state index contributed by atoms with van der Waals surface area (Å²) in [5.41, 5.74) is 0.800. The third kappa shape index (κ3) is 5.38. The molecule has 4 heteroatoms. The third-order valence-electron chi connectivity index (χ3n) is 3.69. The highest BCUT2D eigenvalue weighted by molar-refractivity contribution is 5.95. The van der Waals surface area contributed by atoms with Crippen LogP contribution in [0.4, 0.5) is 5.69 Å². The minimum absolute atomic E-state index is 0.0500. The number of anilines is 1. The molecule has 1 unspecified atom stereocenters. The standard InChI is InChI=1S/C17H26N2O2/c1-13(2)9-11-21-15-7-5-6-14(12-15)19-17(20)16-8-3-4-10-18-16/h5-7,12-13,16,18H,3-4,8-11H2,1-2H3,(H,19,20). The summed E-state index contributed by atoms with van der Waals surface area (Å²) in [6, 6.07) is 7.56. The number of ether oxygens (including phenoxy) is 1. The average molecular weight is 290 g/mol. The topological polar surface area (TPSA) is 50.4 Å². The number of piperidine rings is 1. The van der Waals surface area contributed by atoms with Crippen molar-refractivity contribution in [2.24, 2.45) is 5.92 Å². The molecule has 1 saturated heterocycles. The summed E-state index contributed by atoms with van der Waals surface area (Å²) in [6.45, 7) is 5.99. The molecule has 4 nitrogen and oxygen atoms in total. The van der Waals surface area contributed by atoms with Crippen molar-refractivity contribution in [3.05, 3.63) is 24.3 Å². The van der Waals surface area contributed by atoms with Gasteiger partial charge in [0.15, 0.2) is 0 Å². The van der Waals surface area contributed by atoms with Gasteiger partial charge in [0.1, 0.15) is 5.75 Å². The van der Waals surface area contributed by atoms with Gasteiger partial charge in [-0.15, -0.1) is 0 Å². The molecule has 116 valence electrons. The van der Waals surface area contributed by atoms with Crippen molar-refractivity contribution in [3.8, 4) is 5.75 Å². The monoisotopic (exact) mass is 290 g/mol. The molecule has 1 aliphatic heterocycles. The van der Waals surface area contributed by atoms with Gasteiger partial charge in [-0.1, -0.05) is 26.3 Å². The first-order chi connectivity index (χ1) is 10.1. The van der Waals surface area contributed by atoms with Crippen molar-refractivity contribution in [3.63, 3.8) is 0 Å². The Morgan fingerprint density at radius 3 is 3.00 bits per heavy atom. The van der Waals surface area contributed by atoms with Gasteiger partial charge in [-0.05, 0) is 43.9 Å². The zero-order valence-corrected chi connectivity index (χ0v) is 13.0. The first-order valence-electron chi connectivity index (χ1n) is 7.92. The molecular weight excluding hydrogens is 264 g/mol. The van der Waals surface area contributed by atoms with E-state index in [0.717, 1.165) is 43.7 Å². The third-order valence-corrected chi connectivity index (χ3v) is 3.69. The van der Waals surface area contributed by atoms with Crippen LogP contribution in [-0.4, -0.2) is 25.1 Å². The number of amides is 1. The highest BCUT2D eigenvalue weighted by atomic mass is 16.5. The minimum Gasteiger partial charge on any atom is -0.494 e. The van der Waals surface area contributed by atoms with Crippen molar-refractivity contribution >= 4 is 11.6 Å². The van der Waals surface area contributed by atoms with Crippen LogP contribution in [0.5, 0.6) is 5.75 Å². The zero-order chi connectivity index (χ0) is 15.1. The number of carbonyl (C=O) groups is 1. The fraction of sp³-hybridized carbons (Fsp3) is 0.588. The summed E-state index contributed by atoms with van der Waals surface area (Å²) in [5.74, 6) is 1.49. The molecule has 0 aromatic heterocycles. The highest BCUT2D eigenvalue weighted by Gasteiger charge is 2.20. The second-order valence-corrected chi connectivity index (χ2v) is 6.05. The summed E-state index contributed by atoms with van der Waals surface area (Å²) in [7, 11) is 0. The molecule has 1 amide bonds. The van der Waals surface area contributed by atoms with E-state index in [1.54, 1.807) is 0 Å². The largest absolute Gasteiger partial charge is 0.494 e. The van der Waals surface area contributed by atoms with Crippen molar-refractivity contribution in [2.75, 3.05) is 18.5 Å². The van der Waals surface area contributed by atoms with E-state index >= 15 is 0 Å². The van der Waals surface area contributed by atoms with E-state index in [-0.39, 0.29) is 11.9 Å². The molecular formula is C17H26N2O2. The first kappa shape index (κ1) is 15.8. The summed E-state index contributed by atoms with van der Waals surface area (Å²) in [6.07, 6.45) is 4.21. The van der Waals surface area contributed by atoms with E-state index < -0.39 is 0 Å². The van der Waals surface area contributed by atoms with Crippen LogP contribution in [0, 0.1) is 5.92 Å². The van der Waals surface area contributed by atoms with Gasteiger partial charge in [-0.3, -0.25) is 4.79 Å².